The molecule has 5 nitrogen and oxygen atoms in total. The summed E-state index contributed by atoms with van der Waals surface area (Å²) in [5.74, 6) is 1.53. The minimum absolute atomic E-state index is 0.0430. The summed E-state index contributed by atoms with van der Waals surface area (Å²) in [5, 5.41) is 11.8. The van der Waals surface area contributed by atoms with Gasteiger partial charge in [-0.3, -0.25) is 0 Å². The van der Waals surface area contributed by atoms with Gasteiger partial charge >= 0.3 is 6.18 Å². The molecule has 0 radical (unpaired) electrons. The summed E-state index contributed by atoms with van der Waals surface area (Å²) in [4.78, 5) is 8.68. The highest BCUT2D eigenvalue weighted by atomic mass is 32.2. The molecular formula is C20H16F3N3O2S2. The van der Waals surface area contributed by atoms with Crippen LogP contribution in [0.4, 0.5) is 13.2 Å². The van der Waals surface area contributed by atoms with Gasteiger partial charge in [0.1, 0.15) is 27.6 Å². The number of methoxy groups -OCH3 is 2. The Morgan fingerprint density at radius 3 is 2.57 bits per heavy atom. The lowest BCUT2D eigenvalue weighted by molar-refractivity contribution is -0.138. The molecule has 0 saturated heterocycles. The molecule has 2 heterocycles. The number of alkyl halides is 3. The maximum atomic E-state index is 13.3. The number of thiazole rings is 1. The molecule has 156 valence electrons. The van der Waals surface area contributed by atoms with Crippen LogP contribution in [0.3, 0.4) is 0 Å². The van der Waals surface area contributed by atoms with Gasteiger partial charge in [-0.05, 0) is 25.1 Å². The van der Waals surface area contributed by atoms with E-state index in [0.717, 1.165) is 23.4 Å². The normalized spacial score (nSPS) is 11.2. The summed E-state index contributed by atoms with van der Waals surface area (Å²) in [5.41, 5.74) is 0.210. The van der Waals surface area contributed by atoms with Crippen LogP contribution in [-0.2, 0) is 11.9 Å². The first kappa shape index (κ1) is 21.9. The number of halogens is 3. The number of hydrogen-bond acceptors (Lipinski definition) is 7. The van der Waals surface area contributed by atoms with E-state index in [1.54, 1.807) is 32.4 Å². The van der Waals surface area contributed by atoms with Gasteiger partial charge in [-0.25, -0.2) is 9.97 Å². The zero-order valence-corrected chi connectivity index (χ0v) is 17.8. The molecule has 0 unspecified atom stereocenters. The van der Waals surface area contributed by atoms with Crippen molar-refractivity contribution in [2.24, 2.45) is 0 Å². The molecule has 3 rings (SSSR count). The van der Waals surface area contributed by atoms with Crippen molar-refractivity contribution in [3.63, 3.8) is 0 Å². The third-order valence-corrected chi connectivity index (χ3v) is 6.01. The third-order valence-electron chi connectivity index (χ3n) is 4.08. The van der Waals surface area contributed by atoms with Crippen LogP contribution in [-0.4, -0.2) is 24.2 Å². The highest BCUT2D eigenvalue weighted by molar-refractivity contribution is 7.98. The van der Waals surface area contributed by atoms with E-state index in [-0.39, 0.29) is 16.5 Å². The molecule has 0 aliphatic rings. The Labute approximate surface area is 179 Å². The van der Waals surface area contributed by atoms with E-state index in [0.29, 0.717) is 22.2 Å². The fraction of sp³-hybridized carbons (Fsp3) is 0.250. The van der Waals surface area contributed by atoms with Crippen LogP contribution < -0.4 is 9.47 Å². The number of nitrogens with zero attached hydrogens (tertiary/aromatic N) is 3. The van der Waals surface area contributed by atoms with Gasteiger partial charge in [0.05, 0.1) is 36.6 Å². The zero-order chi connectivity index (χ0) is 21.9. The van der Waals surface area contributed by atoms with Crippen molar-refractivity contribution in [2.75, 3.05) is 14.2 Å². The van der Waals surface area contributed by atoms with Crippen LogP contribution in [0.15, 0.2) is 34.7 Å². The lowest BCUT2D eigenvalue weighted by atomic mass is 10.1. The lowest BCUT2D eigenvalue weighted by Crippen LogP contribution is -2.10. The standard InChI is InChI=1S/C20H16F3N3O2S2/c1-11-6-16(20(21,22)23)15(8-24)19(25-11)30-10-12-9-29-18(26-12)14-5-4-13(27-2)7-17(14)28-3/h4-7,9H,10H2,1-3H3. The SMILES string of the molecule is COc1ccc(-c2nc(CSc3nc(C)cc(C(F)(F)F)c3C#N)cs2)c(OC)c1. The van der Waals surface area contributed by atoms with Crippen molar-refractivity contribution in [1.82, 2.24) is 9.97 Å². The maximum Gasteiger partial charge on any atom is 0.417 e. The number of pyridine rings is 1. The number of ether oxygens (including phenoxy) is 2. The van der Waals surface area contributed by atoms with Gasteiger partial charge in [0.15, 0.2) is 0 Å². The van der Waals surface area contributed by atoms with Gasteiger partial charge in [0.2, 0.25) is 0 Å². The molecule has 3 aromatic rings. The van der Waals surface area contributed by atoms with E-state index in [1.807, 2.05) is 11.4 Å². The van der Waals surface area contributed by atoms with E-state index < -0.39 is 17.3 Å². The Morgan fingerprint density at radius 2 is 1.93 bits per heavy atom. The highest BCUT2D eigenvalue weighted by Crippen LogP contribution is 2.38. The fourth-order valence-corrected chi connectivity index (χ4v) is 4.59. The minimum Gasteiger partial charge on any atom is -0.497 e. The van der Waals surface area contributed by atoms with Gasteiger partial charge in [-0.15, -0.1) is 11.3 Å². The van der Waals surface area contributed by atoms with Crippen molar-refractivity contribution in [1.29, 1.82) is 5.26 Å². The average molecular weight is 451 g/mol. The monoisotopic (exact) mass is 451 g/mol. The van der Waals surface area contributed by atoms with E-state index >= 15 is 0 Å². The average Bonchev–Trinajstić information content (AvgIpc) is 3.19. The van der Waals surface area contributed by atoms with Gasteiger partial charge in [-0.2, -0.15) is 18.4 Å². The molecule has 0 saturated carbocycles. The number of aromatic nitrogens is 2. The lowest BCUT2D eigenvalue weighted by Gasteiger charge is -2.12. The number of nitriles is 1. The highest BCUT2D eigenvalue weighted by Gasteiger charge is 2.35. The van der Waals surface area contributed by atoms with Gasteiger partial charge < -0.3 is 9.47 Å². The Kier molecular flexibility index (Phi) is 6.53. The summed E-state index contributed by atoms with van der Waals surface area (Å²) in [6, 6.07) is 7.91. The smallest absolute Gasteiger partial charge is 0.417 e. The molecule has 0 fully saturated rings. The molecule has 0 aliphatic carbocycles. The fourth-order valence-electron chi connectivity index (χ4n) is 2.70. The topological polar surface area (TPSA) is 68.0 Å². The third kappa shape index (κ3) is 4.68. The summed E-state index contributed by atoms with van der Waals surface area (Å²) in [6.07, 6.45) is -4.62. The molecule has 0 aliphatic heterocycles. The van der Waals surface area contributed by atoms with Gasteiger partial charge in [0.25, 0.3) is 0 Å². The second-order valence-electron chi connectivity index (χ2n) is 6.10. The largest absolute Gasteiger partial charge is 0.497 e. The molecule has 30 heavy (non-hydrogen) atoms. The quantitative estimate of drug-likeness (QED) is 0.447. The van der Waals surface area contributed by atoms with Gasteiger partial charge in [-0.1, -0.05) is 11.8 Å². The van der Waals surface area contributed by atoms with E-state index in [9.17, 15) is 18.4 Å². The molecule has 0 atom stereocenters. The summed E-state index contributed by atoms with van der Waals surface area (Å²) in [7, 11) is 3.11. The summed E-state index contributed by atoms with van der Waals surface area (Å²) in [6.45, 7) is 1.47. The van der Waals surface area contributed by atoms with Crippen LogP contribution in [0, 0.1) is 18.3 Å². The van der Waals surface area contributed by atoms with Gasteiger partial charge in [0, 0.05) is 22.9 Å². The molecule has 2 aromatic heterocycles. The molecule has 0 spiro atoms. The number of benzene rings is 1. The molecule has 0 amide bonds. The summed E-state index contributed by atoms with van der Waals surface area (Å²) < 4.78 is 50.4. The van der Waals surface area contributed by atoms with Crippen molar-refractivity contribution >= 4 is 23.1 Å². The van der Waals surface area contributed by atoms with Crippen LogP contribution in [0.1, 0.15) is 22.5 Å². The predicted molar refractivity (Wildman–Crippen MR) is 109 cm³/mol. The number of aryl methyl sites for hydroxylation is 1. The Bertz CT molecular complexity index is 1110. The predicted octanol–water partition coefficient (Wildman–Crippen LogP) is 5.71. The minimum atomic E-state index is -4.62. The van der Waals surface area contributed by atoms with E-state index in [2.05, 4.69) is 9.97 Å². The van der Waals surface area contributed by atoms with Crippen molar-refractivity contribution in [2.45, 2.75) is 23.9 Å². The number of rotatable bonds is 6. The Hall–Kier alpha value is -2.77. The van der Waals surface area contributed by atoms with Crippen LogP contribution >= 0.6 is 23.1 Å². The second kappa shape index (κ2) is 8.93. The Balaban J connectivity index is 1.85. The number of thioether (sulfide) groups is 1. The van der Waals surface area contributed by atoms with Crippen molar-refractivity contribution < 1.29 is 22.6 Å². The molecule has 1 aromatic carbocycles. The van der Waals surface area contributed by atoms with Crippen LogP contribution in [0.5, 0.6) is 11.5 Å². The van der Waals surface area contributed by atoms with Crippen LogP contribution in [0.2, 0.25) is 0 Å². The van der Waals surface area contributed by atoms with Crippen LogP contribution in [0.25, 0.3) is 10.6 Å². The molecule has 0 bridgehead atoms. The Morgan fingerprint density at radius 1 is 1.17 bits per heavy atom. The van der Waals surface area contributed by atoms with E-state index in [4.69, 9.17) is 9.47 Å². The second-order valence-corrected chi connectivity index (χ2v) is 7.92. The first-order valence-electron chi connectivity index (χ1n) is 8.55. The molecular weight excluding hydrogens is 435 g/mol. The maximum absolute atomic E-state index is 13.3. The molecule has 0 N–H and O–H groups in total. The number of hydrogen-bond donors (Lipinski definition) is 0. The first-order valence-corrected chi connectivity index (χ1v) is 10.4. The zero-order valence-electron chi connectivity index (χ0n) is 16.2. The van der Waals surface area contributed by atoms with Crippen molar-refractivity contribution in [3.8, 4) is 28.1 Å². The van der Waals surface area contributed by atoms with Crippen molar-refractivity contribution in [3.05, 3.63) is 52.2 Å². The summed E-state index contributed by atoms with van der Waals surface area (Å²) >= 11 is 2.44. The first-order chi connectivity index (χ1) is 14.3. The molecule has 10 heteroatoms. The van der Waals surface area contributed by atoms with E-state index in [1.165, 1.54) is 18.3 Å².